The van der Waals surface area contributed by atoms with E-state index < -0.39 is 0 Å². The zero-order chi connectivity index (χ0) is 10.1. The van der Waals surface area contributed by atoms with E-state index in [0.29, 0.717) is 16.6 Å². The SMILES string of the molecule is COC(C)c1nnc2cncc(Cl)n12. The van der Waals surface area contributed by atoms with Crippen molar-refractivity contribution in [2.45, 2.75) is 13.0 Å². The van der Waals surface area contributed by atoms with Gasteiger partial charge in [0.1, 0.15) is 11.3 Å². The Labute approximate surface area is 85.7 Å². The molecule has 0 fully saturated rings. The summed E-state index contributed by atoms with van der Waals surface area (Å²) in [5.41, 5.74) is 0.622. The molecule has 0 amide bonds. The highest BCUT2D eigenvalue weighted by Crippen LogP contribution is 2.18. The highest BCUT2D eigenvalue weighted by atomic mass is 35.5. The molecule has 2 aromatic heterocycles. The van der Waals surface area contributed by atoms with E-state index in [-0.39, 0.29) is 6.10 Å². The summed E-state index contributed by atoms with van der Waals surface area (Å²) in [5, 5.41) is 8.40. The van der Waals surface area contributed by atoms with Crippen LogP contribution in [0.1, 0.15) is 18.9 Å². The molecule has 0 radical (unpaired) electrons. The van der Waals surface area contributed by atoms with Crippen LogP contribution in [-0.4, -0.2) is 26.7 Å². The summed E-state index contributed by atoms with van der Waals surface area (Å²) in [7, 11) is 1.61. The van der Waals surface area contributed by atoms with E-state index in [1.54, 1.807) is 23.9 Å². The second-order valence-corrected chi connectivity index (χ2v) is 3.25. The van der Waals surface area contributed by atoms with Crippen LogP contribution < -0.4 is 0 Å². The average Bonchev–Trinajstić information content (AvgIpc) is 2.62. The van der Waals surface area contributed by atoms with Crippen LogP contribution >= 0.6 is 11.6 Å². The van der Waals surface area contributed by atoms with Gasteiger partial charge in [0.05, 0.1) is 12.4 Å². The molecule has 0 N–H and O–H groups in total. The Morgan fingerprint density at radius 1 is 1.43 bits per heavy atom. The van der Waals surface area contributed by atoms with Crippen molar-refractivity contribution in [3.8, 4) is 0 Å². The van der Waals surface area contributed by atoms with E-state index in [9.17, 15) is 0 Å². The molecule has 0 aliphatic heterocycles. The number of nitrogens with zero attached hydrogens (tertiary/aromatic N) is 4. The van der Waals surface area contributed by atoms with E-state index >= 15 is 0 Å². The van der Waals surface area contributed by atoms with Gasteiger partial charge in [-0.1, -0.05) is 11.6 Å². The maximum Gasteiger partial charge on any atom is 0.180 e. The molecule has 0 bridgehead atoms. The number of halogens is 1. The zero-order valence-electron chi connectivity index (χ0n) is 7.81. The van der Waals surface area contributed by atoms with Crippen LogP contribution in [0, 0.1) is 0 Å². The van der Waals surface area contributed by atoms with Gasteiger partial charge in [-0.25, -0.2) is 0 Å². The van der Waals surface area contributed by atoms with Crippen LogP contribution in [0.25, 0.3) is 5.65 Å². The van der Waals surface area contributed by atoms with Crippen molar-refractivity contribution in [2.75, 3.05) is 7.11 Å². The summed E-state index contributed by atoms with van der Waals surface area (Å²) < 4.78 is 6.87. The monoisotopic (exact) mass is 212 g/mol. The number of hydrogen-bond donors (Lipinski definition) is 0. The lowest BCUT2D eigenvalue weighted by Crippen LogP contribution is -2.03. The van der Waals surface area contributed by atoms with Crippen LogP contribution in [0.4, 0.5) is 0 Å². The highest BCUT2D eigenvalue weighted by Gasteiger charge is 2.14. The summed E-state index contributed by atoms with van der Waals surface area (Å²) in [4.78, 5) is 3.91. The van der Waals surface area contributed by atoms with Crippen molar-refractivity contribution >= 4 is 17.2 Å². The van der Waals surface area contributed by atoms with Gasteiger partial charge in [0.2, 0.25) is 0 Å². The molecule has 5 nitrogen and oxygen atoms in total. The quantitative estimate of drug-likeness (QED) is 0.757. The molecule has 0 spiro atoms. The summed E-state index contributed by atoms with van der Waals surface area (Å²) in [5.74, 6) is 0.676. The minimum absolute atomic E-state index is 0.148. The minimum Gasteiger partial charge on any atom is -0.374 e. The molecule has 1 atom stereocenters. The lowest BCUT2D eigenvalue weighted by atomic mass is 10.4. The lowest BCUT2D eigenvalue weighted by Gasteiger charge is -2.07. The molecule has 2 heterocycles. The predicted octanol–water partition coefficient (Wildman–Crippen LogP) is 1.49. The Balaban J connectivity index is 2.67. The second-order valence-electron chi connectivity index (χ2n) is 2.86. The van der Waals surface area contributed by atoms with Gasteiger partial charge < -0.3 is 4.74 Å². The van der Waals surface area contributed by atoms with E-state index in [4.69, 9.17) is 16.3 Å². The number of fused-ring (bicyclic) bond motifs is 1. The standard InChI is InChI=1S/C8H9ClN4O/c1-5(14-2)8-12-11-7-4-10-3-6(9)13(7)8/h3-5H,1-2H3. The molecule has 0 saturated carbocycles. The van der Waals surface area contributed by atoms with Crippen LogP contribution in [0.15, 0.2) is 12.4 Å². The van der Waals surface area contributed by atoms with Gasteiger partial charge in [-0.15, -0.1) is 10.2 Å². The summed E-state index contributed by atoms with van der Waals surface area (Å²) in [6, 6.07) is 0. The molecular weight excluding hydrogens is 204 g/mol. The zero-order valence-corrected chi connectivity index (χ0v) is 8.56. The molecule has 1 unspecified atom stereocenters. The van der Waals surface area contributed by atoms with Crippen LogP contribution in [0.5, 0.6) is 0 Å². The number of aromatic nitrogens is 4. The average molecular weight is 213 g/mol. The Kier molecular flexibility index (Phi) is 2.35. The Hall–Kier alpha value is -1.20. The molecule has 2 rings (SSSR count). The van der Waals surface area contributed by atoms with Crippen molar-refractivity contribution in [1.29, 1.82) is 0 Å². The smallest absolute Gasteiger partial charge is 0.180 e. The van der Waals surface area contributed by atoms with Crippen LogP contribution in [0.2, 0.25) is 5.15 Å². The molecule has 0 saturated heterocycles. The second kappa shape index (κ2) is 3.51. The molecular formula is C8H9ClN4O. The largest absolute Gasteiger partial charge is 0.374 e. The normalized spacial score (nSPS) is 13.4. The third-order valence-corrected chi connectivity index (χ3v) is 2.28. The minimum atomic E-state index is -0.148. The molecule has 0 aliphatic carbocycles. The summed E-state index contributed by atoms with van der Waals surface area (Å²) in [6.45, 7) is 1.88. The first-order chi connectivity index (χ1) is 6.74. The Morgan fingerprint density at radius 2 is 2.21 bits per heavy atom. The lowest BCUT2D eigenvalue weighted by molar-refractivity contribution is 0.111. The fraction of sp³-hybridized carbons (Fsp3) is 0.375. The van der Waals surface area contributed by atoms with Crippen LogP contribution in [-0.2, 0) is 4.74 Å². The van der Waals surface area contributed by atoms with Crippen LogP contribution in [0.3, 0.4) is 0 Å². The predicted molar refractivity (Wildman–Crippen MR) is 51.2 cm³/mol. The van der Waals surface area contributed by atoms with Crippen molar-refractivity contribution in [3.63, 3.8) is 0 Å². The van der Waals surface area contributed by atoms with Gasteiger partial charge in [0.25, 0.3) is 0 Å². The van der Waals surface area contributed by atoms with Gasteiger partial charge in [-0.3, -0.25) is 9.38 Å². The Bertz CT molecular complexity index is 456. The van der Waals surface area contributed by atoms with Gasteiger partial charge in [0.15, 0.2) is 11.5 Å². The summed E-state index contributed by atoms with van der Waals surface area (Å²) in [6.07, 6.45) is 3.00. The van der Waals surface area contributed by atoms with Crippen molar-refractivity contribution < 1.29 is 4.74 Å². The van der Waals surface area contributed by atoms with Gasteiger partial charge >= 0.3 is 0 Å². The Morgan fingerprint density at radius 3 is 2.93 bits per heavy atom. The maximum atomic E-state index is 5.97. The molecule has 0 aromatic carbocycles. The third kappa shape index (κ3) is 1.34. The van der Waals surface area contributed by atoms with E-state index in [1.165, 1.54) is 0 Å². The molecule has 2 aromatic rings. The van der Waals surface area contributed by atoms with Crippen molar-refractivity contribution in [1.82, 2.24) is 19.6 Å². The number of ether oxygens (including phenoxy) is 1. The van der Waals surface area contributed by atoms with E-state index in [0.717, 1.165) is 0 Å². The van der Waals surface area contributed by atoms with E-state index in [2.05, 4.69) is 15.2 Å². The first-order valence-corrected chi connectivity index (χ1v) is 4.49. The summed E-state index contributed by atoms with van der Waals surface area (Å²) >= 11 is 5.97. The molecule has 6 heteroatoms. The van der Waals surface area contributed by atoms with Gasteiger partial charge in [0, 0.05) is 7.11 Å². The first kappa shape index (κ1) is 9.36. The highest BCUT2D eigenvalue weighted by molar-refractivity contribution is 6.29. The third-order valence-electron chi connectivity index (χ3n) is 2.01. The van der Waals surface area contributed by atoms with Crippen molar-refractivity contribution in [2.24, 2.45) is 0 Å². The first-order valence-electron chi connectivity index (χ1n) is 4.11. The molecule has 0 aliphatic rings. The van der Waals surface area contributed by atoms with E-state index in [1.807, 2.05) is 6.92 Å². The maximum absolute atomic E-state index is 5.97. The number of rotatable bonds is 2. The number of hydrogen-bond acceptors (Lipinski definition) is 4. The topological polar surface area (TPSA) is 52.3 Å². The number of methoxy groups -OCH3 is 1. The molecule has 74 valence electrons. The molecule has 14 heavy (non-hydrogen) atoms. The van der Waals surface area contributed by atoms with Crippen molar-refractivity contribution in [3.05, 3.63) is 23.4 Å². The fourth-order valence-electron chi connectivity index (χ4n) is 1.20. The van der Waals surface area contributed by atoms with Gasteiger partial charge in [-0.05, 0) is 6.92 Å². The van der Waals surface area contributed by atoms with Gasteiger partial charge in [-0.2, -0.15) is 0 Å². The fourth-order valence-corrected chi connectivity index (χ4v) is 1.43.